The van der Waals surface area contributed by atoms with Crippen LogP contribution in [0, 0.1) is 18.6 Å². The highest BCUT2D eigenvalue weighted by Crippen LogP contribution is 2.27. The van der Waals surface area contributed by atoms with E-state index in [9.17, 15) is 8.78 Å². The molecule has 0 aliphatic rings. The molecule has 3 N–H and O–H groups in total. The van der Waals surface area contributed by atoms with Gasteiger partial charge in [-0.2, -0.15) is 0 Å². The summed E-state index contributed by atoms with van der Waals surface area (Å²) in [4.78, 5) is 0. The van der Waals surface area contributed by atoms with Crippen LogP contribution in [0.15, 0.2) is 36.4 Å². The van der Waals surface area contributed by atoms with E-state index in [0.717, 1.165) is 6.07 Å². The first kappa shape index (κ1) is 13.9. The highest BCUT2D eigenvalue weighted by Gasteiger charge is 2.18. The van der Waals surface area contributed by atoms with Crippen LogP contribution in [0.2, 0.25) is 5.02 Å². The van der Waals surface area contributed by atoms with Gasteiger partial charge in [0.2, 0.25) is 0 Å². The first-order valence-electron chi connectivity index (χ1n) is 5.70. The topological polar surface area (TPSA) is 38.0 Å². The largest absolute Gasteiger partial charge is 0.271 e. The lowest BCUT2D eigenvalue weighted by molar-refractivity contribution is 0.538. The van der Waals surface area contributed by atoms with Crippen LogP contribution in [0.4, 0.5) is 8.78 Å². The molecular weight excluding hydrogens is 270 g/mol. The van der Waals surface area contributed by atoms with Gasteiger partial charge in [0.05, 0.1) is 6.04 Å². The molecule has 0 saturated carbocycles. The molecule has 19 heavy (non-hydrogen) atoms. The lowest BCUT2D eigenvalue weighted by atomic mass is 9.97. The maximum atomic E-state index is 13.9. The lowest BCUT2D eigenvalue weighted by Gasteiger charge is -2.18. The Hall–Kier alpha value is -1.49. The molecule has 0 spiro atoms. The van der Waals surface area contributed by atoms with E-state index in [4.69, 9.17) is 17.4 Å². The number of halogens is 3. The molecule has 1 unspecified atom stereocenters. The third-order valence-electron chi connectivity index (χ3n) is 2.94. The number of hydrazine groups is 1. The van der Waals surface area contributed by atoms with Crippen LogP contribution in [0.5, 0.6) is 0 Å². The molecule has 2 aromatic rings. The quantitative estimate of drug-likeness (QED) is 0.668. The first-order chi connectivity index (χ1) is 9.02. The van der Waals surface area contributed by atoms with Crippen molar-refractivity contribution in [1.82, 2.24) is 5.43 Å². The van der Waals surface area contributed by atoms with E-state index in [1.54, 1.807) is 31.2 Å². The van der Waals surface area contributed by atoms with E-state index in [0.29, 0.717) is 16.1 Å². The summed E-state index contributed by atoms with van der Waals surface area (Å²) in [6.07, 6.45) is 0. The molecule has 1 atom stereocenters. The van der Waals surface area contributed by atoms with E-state index >= 15 is 0 Å². The summed E-state index contributed by atoms with van der Waals surface area (Å²) in [6.45, 7) is 1.57. The van der Waals surface area contributed by atoms with Crippen molar-refractivity contribution in [3.8, 4) is 0 Å². The molecule has 0 aliphatic carbocycles. The zero-order chi connectivity index (χ0) is 14.0. The maximum Gasteiger partial charge on any atom is 0.131 e. The number of benzene rings is 2. The summed E-state index contributed by atoms with van der Waals surface area (Å²) in [6, 6.07) is 8.63. The third kappa shape index (κ3) is 2.92. The van der Waals surface area contributed by atoms with Crippen LogP contribution in [0.3, 0.4) is 0 Å². The smallest absolute Gasteiger partial charge is 0.131 e. The first-order valence-corrected chi connectivity index (χ1v) is 6.08. The Balaban J connectivity index is 2.51. The monoisotopic (exact) mass is 282 g/mol. The number of hydrogen-bond donors (Lipinski definition) is 2. The molecule has 0 radical (unpaired) electrons. The predicted octanol–water partition coefficient (Wildman–Crippen LogP) is 3.48. The van der Waals surface area contributed by atoms with E-state index < -0.39 is 17.7 Å². The number of hydrogen-bond acceptors (Lipinski definition) is 2. The van der Waals surface area contributed by atoms with E-state index in [1.807, 2.05) is 0 Å². The van der Waals surface area contributed by atoms with Crippen molar-refractivity contribution in [2.45, 2.75) is 13.0 Å². The van der Waals surface area contributed by atoms with Crippen molar-refractivity contribution in [1.29, 1.82) is 0 Å². The zero-order valence-electron chi connectivity index (χ0n) is 10.3. The van der Waals surface area contributed by atoms with E-state index in [-0.39, 0.29) is 5.56 Å². The van der Waals surface area contributed by atoms with Crippen molar-refractivity contribution in [2.24, 2.45) is 5.84 Å². The molecule has 2 rings (SSSR count). The zero-order valence-corrected chi connectivity index (χ0v) is 11.0. The van der Waals surface area contributed by atoms with Gasteiger partial charge in [-0.1, -0.05) is 23.7 Å². The standard InChI is InChI=1S/C14H13ClF2N2/c1-8-5-11(13(17)7-12(8)16)14(19-18)9-3-2-4-10(15)6-9/h2-7,14,19H,18H2,1H3. The Kier molecular flexibility index (Phi) is 4.14. The summed E-state index contributed by atoms with van der Waals surface area (Å²) in [5.41, 5.74) is 3.88. The van der Waals surface area contributed by atoms with Crippen LogP contribution < -0.4 is 11.3 Å². The fraction of sp³-hybridized carbons (Fsp3) is 0.143. The van der Waals surface area contributed by atoms with Crippen molar-refractivity contribution in [3.05, 3.63) is 69.7 Å². The summed E-state index contributed by atoms with van der Waals surface area (Å²) in [7, 11) is 0. The Labute approximate surface area is 115 Å². The van der Waals surface area contributed by atoms with Gasteiger partial charge in [-0.05, 0) is 36.2 Å². The number of nitrogens with one attached hydrogen (secondary N) is 1. The van der Waals surface area contributed by atoms with Gasteiger partial charge in [0, 0.05) is 16.7 Å². The van der Waals surface area contributed by atoms with Gasteiger partial charge < -0.3 is 0 Å². The minimum Gasteiger partial charge on any atom is -0.271 e. The number of aryl methyl sites for hydroxylation is 1. The molecule has 2 nitrogen and oxygen atoms in total. The summed E-state index contributed by atoms with van der Waals surface area (Å²) >= 11 is 5.91. The molecule has 0 heterocycles. The minimum atomic E-state index is -0.647. The van der Waals surface area contributed by atoms with Crippen LogP contribution in [-0.2, 0) is 0 Å². The van der Waals surface area contributed by atoms with Crippen LogP contribution in [-0.4, -0.2) is 0 Å². The fourth-order valence-electron chi connectivity index (χ4n) is 1.95. The predicted molar refractivity (Wildman–Crippen MR) is 71.7 cm³/mol. The molecule has 5 heteroatoms. The van der Waals surface area contributed by atoms with Crippen LogP contribution in [0.25, 0.3) is 0 Å². The second-order valence-corrected chi connectivity index (χ2v) is 4.71. The fourth-order valence-corrected chi connectivity index (χ4v) is 2.15. The molecule has 2 aromatic carbocycles. The molecule has 0 bridgehead atoms. The van der Waals surface area contributed by atoms with Crippen molar-refractivity contribution >= 4 is 11.6 Å². The maximum absolute atomic E-state index is 13.9. The van der Waals surface area contributed by atoms with Gasteiger partial charge in [0.25, 0.3) is 0 Å². The molecule has 0 fully saturated rings. The molecule has 0 saturated heterocycles. The molecule has 100 valence electrons. The summed E-state index contributed by atoms with van der Waals surface area (Å²) in [5, 5.41) is 0.525. The Morgan fingerprint density at radius 2 is 1.89 bits per heavy atom. The van der Waals surface area contributed by atoms with Crippen LogP contribution in [0.1, 0.15) is 22.7 Å². The molecular formula is C14H13ClF2N2. The minimum absolute atomic E-state index is 0.281. The van der Waals surface area contributed by atoms with Crippen molar-refractivity contribution in [2.75, 3.05) is 0 Å². The second-order valence-electron chi connectivity index (χ2n) is 4.28. The average Bonchev–Trinajstić information content (AvgIpc) is 2.36. The molecule has 0 amide bonds. The van der Waals surface area contributed by atoms with Gasteiger partial charge >= 0.3 is 0 Å². The average molecular weight is 283 g/mol. The van der Waals surface area contributed by atoms with Gasteiger partial charge in [-0.25, -0.2) is 14.2 Å². The molecule has 0 aromatic heterocycles. The van der Waals surface area contributed by atoms with Gasteiger partial charge in [-0.3, -0.25) is 5.84 Å². The van der Waals surface area contributed by atoms with Crippen molar-refractivity contribution < 1.29 is 8.78 Å². The number of rotatable bonds is 3. The highest BCUT2D eigenvalue weighted by atomic mass is 35.5. The Bertz CT molecular complexity index is 602. The van der Waals surface area contributed by atoms with Crippen LogP contribution >= 0.6 is 11.6 Å². The molecule has 0 aliphatic heterocycles. The van der Waals surface area contributed by atoms with E-state index in [2.05, 4.69) is 5.43 Å². The normalized spacial score (nSPS) is 12.5. The lowest BCUT2D eigenvalue weighted by Crippen LogP contribution is -2.29. The van der Waals surface area contributed by atoms with Gasteiger partial charge in [0.15, 0.2) is 0 Å². The Morgan fingerprint density at radius 3 is 2.53 bits per heavy atom. The Morgan fingerprint density at radius 1 is 1.16 bits per heavy atom. The second kappa shape index (κ2) is 5.65. The van der Waals surface area contributed by atoms with Crippen molar-refractivity contribution in [3.63, 3.8) is 0 Å². The number of nitrogens with two attached hydrogens (primary N) is 1. The highest BCUT2D eigenvalue weighted by molar-refractivity contribution is 6.30. The summed E-state index contributed by atoms with van der Waals surface area (Å²) in [5.74, 6) is 4.26. The third-order valence-corrected chi connectivity index (χ3v) is 3.17. The van der Waals surface area contributed by atoms with Gasteiger partial charge in [0.1, 0.15) is 11.6 Å². The van der Waals surface area contributed by atoms with E-state index in [1.165, 1.54) is 6.07 Å². The summed E-state index contributed by atoms with van der Waals surface area (Å²) < 4.78 is 27.2. The SMILES string of the molecule is Cc1cc(C(NN)c2cccc(Cl)c2)c(F)cc1F. The van der Waals surface area contributed by atoms with Gasteiger partial charge in [-0.15, -0.1) is 0 Å².